The Morgan fingerprint density at radius 3 is 2.08 bits per heavy atom. The van der Waals surface area contributed by atoms with E-state index in [2.05, 4.69) is 49.7 Å². The van der Waals surface area contributed by atoms with Gasteiger partial charge in [-0.05, 0) is 44.7 Å². The molecule has 0 radical (unpaired) electrons. The molecule has 1 N–H and O–H groups in total. The van der Waals surface area contributed by atoms with Crippen LogP contribution < -0.4 is 5.32 Å². The van der Waals surface area contributed by atoms with Crippen molar-refractivity contribution in [1.29, 1.82) is 0 Å². The minimum atomic E-state index is -0.108. The molecular weight excluding hydrogens is 476 g/mol. The molecule has 0 aliphatic carbocycles. The summed E-state index contributed by atoms with van der Waals surface area (Å²) in [5, 5.41) is 7.35. The van der Waals surface area contributed by atoms with Crippen LogP contribution in [0.5, 0.6) is 0 Å². The molecule has 1 aliphatic heterocycles. The van der Waals surface area contributed by atoms with Crippen LogP contribution in [0.25, 0.3) is 0 Å². The van der Waals surface area contributed by atoms with Crippen molar-refractivity contribution >= 4 is 5.78 Å². The summed E-state index contributed by atoms with van der Waals surface area (Å²) in [4.78, 5) is 25.1. The molecular formula is C31H42N4O3. The van der Waals surface area contributed by atoms with Gasteiger partial charge in [-0.15, -0.1) is 4.91 Å². The number of hydrogen-bond acceptors (Lipinski definition) is 6. The van der Waals surface area contributed by atoms with Crippen LogP contribution in [0.15, 0.2) is 114 Å². The fraction of sp³-hybridized carbons (Fsp3) is 0.323. The van der Waals surface area contributed by atoms with E-state index in [9.17, 15) is 9.70 Å². The SMILES string of the molecule is C=C/C(C)=C(\C=C)N(CCN1C/C1=C(/OCc1ccccc1)C(C)=O)N=O.CCNC.Cc1ccccc1. The van der Waals surface area contributed by atoms with Crippen LogP contribution in [0.3, 0.4) is 0 Å². The van der Waals surface area contributed by atoms with Crippen LogP contribution in [-0.4, -0.2) is 48.9 Å². The smallest absolute Gasteiger partial charge is 0.196 e. The molecule has 0 unspecified atom stereocenters. The van der Waals surface area contributed by atoms with Crippen molar-refractivity contribution in [3.8, 4) is 0 Å². The molecule has 0 amide bonds. The molecule has 0 aromatic heterocycles. The van der Waals surface area contributed by atoms with Crippen LogP contribution in [0, 0.1) is 11.8 Å². The number of aryl methyl sites for hydroxylation is 1. The molecule has 7 heteroatoms. The number of ketones is 1. The van der Waals surface area contributed by atoms with Crippen molar-refractivity contribution < 1.29 is 9.53 Å². The monoisotopic (exact) mass is 518 g/mol. The summed E-state index contributed by atoms with van der Waals surface area (Å²) in [6, 6.07) is 20.0. The lowest BCUT2D eigenvalue weighted by Crippen LogP contribution is -2.23. The molecule has 3 rings (SSSR count). The molecule has 2 aromatic rings. The predicted molar refractivity (Wildman–Crippen MR) is 157 cm³/mol. The van der Waals surface area contributed by atoms with E-state index in [1.54, 1.807) is 12.2 Å². The van der Waals surface area contributed by atoms with Crippen LogP contribution in [0.1, 0.15) is 31.9 Å². The summed E-state index contributed by atoms with van der Waals surface area (Å²) in [7, 11) is 1.93. The van der Waals surface area contributed by atoms with Gasteiger partial charge in [-0.3, -0.25) is 4.79 Å². The zero-order valence-electron chi connectivity index (χ0n) is 23.4. The van der Waals surface area contributed by atoms with Gasteiger partial charge in [0, 0.05) is 13.5 Å². The van der Waals surface area contributed by atoms with Gasteiger partial charge >= 0.3 is 0 Å². The summed E-state index contributed by atoms with van der Waals surface area (Å²) in [5.41, 5.74) is 4.62. The largest absolute Gasteiger partial charge is 0.483 e. The third kappa shape index (κ3) is 11.8. The number of rotatable bonds is 12. The number of hydrogen-bond donors (Lipinski definition) is 1. The first-order valence-corrected chi connectivity index (χ1v) is 12.7. The highest BCUT2D eigenvalue weighted by Crippen LogP contribution is 2.28. The Kier molecular flexibility index (Phi) is 15.4. The van der Waals surface area contributed by atoms with Crippen LogP contribution >= 0.6 is 0 Å². The molecule has 1 fully saturated rings. The van der Waals surface area contributed by atoms with Crippen molar-refractivity contribution in [2.75, 3.05) is 33.2 Å². The van der Waals surface area contributed by atoms with E-state index >= 15 is 0 Å². The van der Waals surface area contributed by atoms with Gasteiger partial charge in [0.15, 0.2) is 11.5 Å². The van der Waals surface area contributed by atoms with Gasteiger partial charge in [-0.25, -0.2) is 5.01 Å². The van der Waals surface area contributed by atoms with E-state index < -0.39 is 0 Å². The van der Waals surface area contributed by atoms with Crippen LogP contribution in [0.2, 0.25) is 0 Å². The minimum Gasteiger partial charge on any atom is -0.483 e. The average molecular weight is 519 g/mol. The van der Waals surface area contributed by atoms with Crippen molar-refractivity contribution in [3.63, 3.8) is 0 Å². The summed E-state index contributed by atoms with van der Waals surface area (Å²) < 4.78 is 5.75. The Balaban J connectivity index is 0.000000543. The lowest BCUT2D eigenvalue weighted by molar-refractivity contribution is -0.117. The van der Waals surface area contributed by atoms with Crippen molar-refractivity contribution in [2.45, 2.75) is 34.3 Å². The Morgan fingerprint density at radius 1 is 1.08 bits per heavy atom. The molecule has 1 aliphatic rings. The number of ether oxygens (including phenoxy) is 1. The fourth-order valence-electron chi connectivity index (χ4n) is 3.22. The molecule has 0 atom stereocenters. The highest BCUT2D eigenvalue weighted by molar-refractivity contribution is 5.92. The number of nitroso groups, excluding NO2 is 1. The summed E-state index contributed by atoms with van der Waals surface area (Å²) >= 11 is 0. The van der Waals surface area contributed by atoms with E-state index in [1.807, 2.05) is 67.4 Å². The zero-order valence-corrected chi connectivity index (χ0v) is 23.4. The van der Waals surface area contributed by atoms with E-state index in [0.29, 0.717) is 37.7 Å². The number of allylic oxidation sites excluding steroid dienone is 4. The predicted octanol–water partition coefficient (Wildman–Crippen LogP) is 6.17. The molecule has 0 saturated carbocycles. The van der Waals surface area contributed by atoms with Gasteiger partial charge < -0.3 is 15.0 Å². The number of carbonyl (C=O) groups is 1. The van der Waals surface area contributed by atoms with E-state index in [4.69, 9.17) is 4.74 Å². The van der Waals surface area contributed by atoms with Crippen molar-refractivity contribution in [2.24, 2.45) is 5.29 Å². The summed E-state index contributed by atoms with van der Waals surface area (Å²) in [6.07, 6.45) is 3.24. The first kappa shape index (κ1) is 32.1. The summed E-state index contributed by atoms with van der Waals surface area (Å²) in [5.74, 6) is 0.272. The van der Waals surface area contributed by atoms with Gasteiger partial charge in [0.05, 0.1) is 29.8 Å². The van der Waals surface area contributed by atoms with Crippen LogP contribution in [-0.2, 0) is 16.1 Å². The van der Waals surface area contributed by atoms with Gasteiger partial charge in [0.1, 0.15) is 6.61 Å². The minimum absolute atomic E-state index is 0.108. The second-order valence-corrected chi connectivity index (χ2v) is 8.57. The van der Waals surface area contributed by atoms with E-state index in [1.165, 1.54) is 17.5 Å². The second-order valence-electron chi connectivity index (χ2n) is 8.57. The normalized spacial score (nSPS) is 13.3. The number of benzene rings is 2. The summed E-state index contributed by atoms with van der Waals surface area (Å²) in [6.45, 7) is 17.9. The maximum Gasteiger partial charge on any atom is 0.196 e. The molecule has 0 spiro atoms. The highest BCUT2D eigenvalue weighted by Gasteiger charge is 2.32. The Bertz CT molecular complexity index is 1080. The average Bonchev–Trinajstić information content (AvgIpc) is 3.71. The Labute approximate surface area is 228 Å². The lowest BCUT2D eigenvalue weighted by atomic mass is 10.2. The van der Waals surface area contributed by atoms with Gasteiger partial charge in [0.2, 0.25) is 0 Å². The Morgan fingerprint density at radius 2 is 1.66 bits per heavy atom. The van der Waals surface area contributed by atoms with Crippen molar-refractivity contribution in [3.05, 3.63) is 125 Å². The number of nitrogens with zero attached hydrogens (tertiary/aromatic N) is 3. The molecule has 2 aromatic carbocycles. The maximum atomic E-state index is 11.9. The lowest BCUT2D eigenvalue weighted by Gasteiger charge is -2.18. The number of carbonyl (C=O) groups excluding carboxylic acids is 1. The zero-order chi connectivity index (χ0) is 28.3. The highest BCUT2D eigenvalue weighted by atomic mass is 16.5. The first-order valence-electron chi connectivity index (χ1n) is 12.7. The number of nitrogens with one attached hydrogen (secondary N) is 1. The fourth-order valence-corrected chi connectivity index (χ4v) is 3.22. The Hall–Kier alpha value is -3.97. The number of Topliss-reactive ketones (excluding diaryl/α,β-unsaturated/α-hetero) is 1. The van der Waals surface area contributed by atoms with Crippen LogP contribution in [0.4, 0.5) is 0 Å². The molecule has 204 valence electrons. The third-order valence-electron chi connectivity index (χ3n) is 5.58. The van der Waals surface area contributed by atoms with E-state index in [0.717, 1.165) is 23.4 Å². The molecule has 7 nitrogen and oxygen atoms in total. The first-order chi connectivity index (χ1) is 18.3. The second kappa shape index (κ2) is 18.3. The molecule has 38 heavy (non-hydrogen) atoms. The molecule has 1 heterocycles. The van der Waals surface area contributed by atoms with Crippen molar-refractivity contribution in [1.82, 2.24) is 15.2 Å². The van der Waals surface area contributed by atoms with Gasteiger partial charge in [-0.2, -0.15) is 0 Å². The third-order valence-corrected chi connectivity index (χ3v) is 5.58. The molecule has 0 bridgehead atoms. The quantitative estimate of drug-likeness (QED) is 0.0905. The molecule has 1 saturated heterocycles. The standard InChI is InChI=1S/C21H25N3O3.C7H8.C3H9N/c1-5-16(3)19(6-2)24(22-26)13-12-23-14-20(23)21(17(4)25)27-15-18-10-8-7-9-11-18;1-7-5-3-2-4-6-7;1-3-4-2/h5-11H,1-2,12-15H2,3-4H3;2-6H,1H3;4H,3H2,1-2H3/b19-16+,21-20-;;. The van der Waals surface area contributed by atoms with Gasteiger partial charge in [0.25, 0.3) is 0 Å². The maximum absolute atomic E-state index is 11.9. The van der Waals surface area contributed by atoms with E-state index in [-0.39, 0.29) is 5.78 Å². The topological polar surface area (TPSA) is 74.0 Å². The van der Waals surface area contributed by atoms with Gasteiger partial charge in [-0.1, -0.05) is 92.4 Å².